The van der Waals surface area contributed by atoms with Gasteiger partial charge in [0, 0.05) is 30.4 Å². The molecule has 0 aliphatic rings. The van der Waals surface area contributed by atoms with Crippen LogP contribution in [0.4, 0.5) is 5.69 Å². The quantitative estimate of drug-likeness (QED) is 0.806. The molecule has 0 aliphatic heterocycles. The maximum atomic E-state index is 12.7. The van der Waals surface area contributed by atoms with Crippen molar-refractivity contribution in [2.75, 3.05) is 5.32 Å². The summed E-state index contributed by atoms with van der Waals surface area (Å²) in [6.07, 6.45) is 2.31. The van der Waals surface area contributed by atoms with Gasteiger partial charge < -0.3 is 9.88 Å². The van der Waals surface area contributed by atoms with Crippen LogP contribution in [0.25, 0.3) is 10.9 Å². The molecule has 0 saturated carbocycles. The lowest BCUT2D eigenvalue weighted by Gasteiger charge is -2.15. The van der Waals surface area contributed by atoms with Gasteiger partial charge in [0.1, 0.15) is 0 Å². The van der Waals surface area contributed by atoms with Gasteiger partial charge in [-0.15, -0.1) is 0 Å². The molecule has 0 aliphatic carbocycles. The summed E-state index contributed by atoms with van der Waals surface area (Å²) < 4.78 is 1.39. The molecular weight excluding hydrogens is 302 g/mol. The summed E-state index contributed by atoms with van der Waals surface area (Å²) >= 11 is 0. The van der Waals surface area contributed by atoms with Crippen molar-refractivity contribution in [3.8, 4) is 0 Å². The molecule has 122 valence electrons. The first kappa shape index (κ1) is 15.9. The molecule has 1 N–H and O–H groups in total. The van der Waals surface area contributed by atoms with Crippen LogP contribution in [0.15, 0.2) is 47.4 Å². The first-order chi connectivity index (χ1) is 11.5. The number of amides is 1. The largest absolute Gasteiger partial charge is 0.321 e. The fourth-order valence-electron chi connectivity index (χ4n) is 2.86. The molecular formula is C19H19N3O2. The number of rotatable bonds is 3. The van der Waals surface area contributed by atoms with Crippen LogP contribution in [-0.4, -0.2) is 15.5 Å². The first-order valence-corrected chi connectivity index (χ1v) is 7.87. The molecule has 0 radical (unpaired) electrons. The van der Waals surface area contributed by atoms with Crippen molar-refractivity contribution < 1.29 is 4.79 Å². The molecule has 0 spiro atoms. The van der Waals surface area contributed by atoms with Crippen molar-refractivity contribution in [3.05, 3.63) is 69.8 Å². The molecule has 5 heteroatoms. The minimum absolute atomic E-state index is 0.147. The highest BCUT2D eigenvalue weighted by Crippen LogP contribution is 2.29. The van der Waals surface area contributed by atoms with Crippen molar-refractivity contribution in [2.45, 2.75) is 20.3 Å². The third kappa shape index (κ3) is 2.80. The number of nitrogens with one attached hydrogen (secondary N) is 1. The number of fused-ring (bicyclic) bond motifs is 1. The molecule has 0 saturated heterocycles. The molecule has 2 heterocycles. The summed E-state index contributed by atoms with van der Waals surface area (Å²) in [6.45, 7) is 3.99. The highest BCUT2D eigenvalue weighted by molar-refractivity contribution is 6.09. The maximum absolute atomic E-state index is 12.7. The van der Waals surface area contributed by atoms with Gasteiger partial charge in [0.2, 0.25) is 5.56 Å². The van der Waals surface area contributed by atoms with Crippen LogP contribution in [0.3, 0.4) is 0 Å². The van der Waals surface area contributed by atoms with Crippen molar-refractivity contribution in [1.82, 2.24) is 9.55 Å². The molecule has 0 bridgehead atoms. The van der Waals surface area contributed by atoms with E-state index in [1.54, 1.807) is 19.3 Å². The van der Waals surface area contributed by atoms with Crippen molar-refractivity contribution in [3.63, 3.8) is 0 Å². The Hall–Kier alpha value is -2.95. The molecule has 3 rings (SSSR count). The Morgan fingerprint density at radius 2 is 1.96 bits per heavy atom. The predicted octanol–water partition coefficient (Wildman–Crippen LogP) is 3.06. The fraction of sp³-hybridized carbons (Fsp3) is 0.211. The number of hydrogen-bond acceptors (Lipinski definition) is 3. The Morgan fingerprint density at radius 1 is 1.21 bits per heavy atom. The van der Waals surface area contributed by atoms with Crippen LogP contribution in [-0.2, 0) is 13.5 Å². The molecule has 5 nitrogen and oxygen atoms in total. The second-order valence-electron chi connectivity index (χ2n) is 5.74. The molecule has 0 unspecified atom stereocenters. The Balaban J connectivity index is 2.10. The van der Waals surface area contributed by atoms with Gasteiger partial charge in [-0.2, -0.15) is 0 Å². The number of para-hydroxylation sites is 1. The highest BCUT2D eigenvalue weighted by atomic mass is 16.2. The SMILES string of the molecule is CCc1c(C)nc2ccccc2c1NC(=O)c1ccc(=O)n(C)c1. The minimum atomic E-state index is -0.240. The van der Waals surface area contributed by atoms with Gasteiger partial charge in [-0.25, -0.2) is 0 Å². The summed E-state index contributed by atoms with van der Waals surface area (Å²) in [6, 6.07) is 10.7. The number of pyridine rings is 2. The molecule has 3 aromatic rings. The molecule has 1 aromatic carbocycles. The second-order valence-corrected chi connectivity index (χ2v) is 5.74. The van der Waals surface area contributed by atoms with Crippen molar-refractivity contribution in [1.29, 1.82) is 0 Å². The van der Waals surface area contributed by atoms with E-state index in [0.717, 1.165) is 34.3 Å². The van der Waals surface area contributed by atoms with Gasteiger partial charge in [-0.1, -0.05) is 25.1 Å². The predicted molar refractivity (Wildman–Crippen MR) is 95.5 cm³/mol. The number of hydrogen-bond donors (Lipinski definition) is 1. The van der Waals surface area contributed by atoms with E-state index < -0.39 is 0 Å². The summed E-state index contributed by atoms with van der Waals surface area (Å²) in [7, 11) is 1.63. The van der Waals surface area contributed by atoms with E-state index in [1.165, 1.54) is 10.6 Å². The van der Waals surface area contributed by atoms with Gasteiger partial charge in [0.25, 0.3) is 5.91 Å². The standard InChI is InChI=1S/C19H19N3O2/c1-4-14-12(2)20-16-8-6-5-7-15(16)18(14)21-19(24)13-9-10-17(23)22(3)11-13/h5-11H,4H2,1-3H3,(H,20,21,24). The van der Waals surface area contributed by atoms with Crippen molar-refractivity contribution >= 4 is 22.5 Å². The lowest BCUT2D eigenvalue weighted by Crippen LogP contribution is -2.20. The zero-order valence-corrected chi connectivity index (χ0v) is 14.0. The van der Waals surface area contributed by atoms with E-state index >= 15 is 0 Å². The summed E-state index contributed by atoms with van der Waals surface area (Å²) in [5.74, 6) is -0.240. The smallest absolute Gasteiger partial charge is 0.257 e. The third-order valence-electron chi connectivity index (χ3n) is 4.14. The minimum Gasteiger partial charge on any atom is -0.321 e. The van der Waals surface area contributed by atoms with Gasteiger partial charge in [-0.3, -0.25) is 14.6 Å². The Morgan fingerprint density at radius 3 is 2.67 bits per heavy atom. The number of carbonyl (C=O) groups is 1. The van der Waals surface area contributed by atoms with Crippen LogP contribution in [0, 0.1) is 6.92 Å². The maximum Gasteiger partial charge on any atom is 0.257 e. The van der Waals surface area contributed by atoms with E-state index in [-0.39, 0.29) is 11.5 Å². The van der Waals surface area contributed by atoms with Gasteiger partial charge in [0.05, 0.1) is 16.8 Å². The van der Waals surface area contributed by atoms with E-state index in [2.05, 4.69) is 10.3 Å². The summed E-state index contributed by atoms with van der Waals surface area (Å²) in [4.78, 5) is 28.8. The Bertz CT molecular complexity index is 990. The monoisotopic (exact) mass is 321 g/mol. The number of benzene rings is 1. The Kier molecular flexibility index (Phi) is 4.16. The normalized spacial score (nSPS) is 10.8. The number of anilines is 1. The van der Waals surface area contributed by atoms with E-state index in [9.17, 15) is 9.59 Å². The molecule has 0 atom stereocenters. The molecule has 1 amide bonds. The second kappa shape index (κ2) is 6.28. The first-order valence-electron chi connectivity index (χ1n) is 7.87. The van der Waals surface area contributed by atoms with Gasteiger partial charge >= 0.3 is 0 Å². The van der Waals surface area contributed by atoms with Crippen LogP contribution >= 0.6 is 0 Å². The number of carbonyl (C=O) groups excluding carboxylic acids is 1. The summed E-state index contributed by atoms with van der Waals surface area (Å²) in [5.41, 5.74) is 3.87. The van der Waals surface area contributed by atoms with Crippen LogP contribution in [0.2, 0.25) is 0 Å². The Labute approximate surface area is 140 Å². The van der Waals surface area contributed by atoms with E-state index in [4.69, 9.17) is 0 Å². The van der Waals surface area contributed by atoms with Gasteiger partial charge in [-0.05, 0) is 31.0 Å². The fourth-order valence-corrected chi connectivity index (χ4v) is 2.86. The zero-order chi connectivity index (χ0) is 17.3. The summed E-state index contributed by atoms with van der Waals surface area (Å²) in [5, 5.41) is 3.93. The average molecular weight is 321 g/mol. The number of aryl methyl sites for hydroxylation is 2. The molecule has 0 fully saturated rings. The van der Waals surface area contributed by atoms with Gasteiger partial charge in [0.15, 0.2) is 0 Å². The van der Waals surface area contributed by atoms with Crippen molar-refractivity contribution in [2.24, 2.45) is 7.05 Å². The topological polar surface area (TPSA) is 64.0 Å². The zero-order valence-electron chi connectivity index (χ0n) is 14.0. The van der Waals surface area contributed by atoms with E-state index in [1.807, 2.05) is 38.1 Å². The third-order valence-corrected chi connectivity index (χ3v) is 4.14. The van der Waals surface area contributed by atoms with Crippen LogP contribution in [0.1, 0.15) is 28.5 Å². The molecule has 24 heavy (non-hydrogen) atoms. The average Bonchev–Trinajstić information content (AvgIpc) is 2.57. The highest BCUT2D eigenvalue weighted by Gasteiger charge is 2.15. The lowest BCUT2D eigenvalue weighted by molar-refractivity contribution is 0.102. The van der Waals surface area contributed by atoms with E-state index in [0.29, 0.717) is 5.56 Å². The molecule has 2 aromatic heterocycles. The van der Waals surface area contributed by atoms with Crippen LogP contribution in [0.5, 0.6) is 0 Å². The number of nitrogens with zero attached hydrogens (tertiary/aromatic N) is 2. The van der Waals surface area contributed by atoms with Crippen LogP contribution < -0.4 is 10.9 Å². The lowest BCUT2D eigenvalue weighted by atomic mass is 10.0. The number of aromatic nitrogens is 2.